The highest BCUT2D eigenvalue weighted by Crippen LogP contribution is 2.26. The zero-order valence-corrected chi connectivity index (χ0v) is 16.5. The van der Waals surface area contributed by atoms with E-state index in [1.54, 1.807) is 56.3 Å². The second-order valence-electron chi connectivity index (χ2n) is 6.04. The average Bonchev–Trinajstić information content (AvgIpc) is 2.70. The van der Waals surface area contributed by atoms with Gasteiger partial charge in [0.15, 0.2) is 6.10 Å². The summed E-state index contributed by atoms with van der Waals surface area (Å²) in [7, 11) is 0. The Kier molecular flexibility index (Phi) is 6.13. The van der Waals surface area contributed by atoms with E-state index < -0.39 is 23.3 Å². The first-order chi connectivity index (χ1) is 13.9. The van der Waals surface area contributed by atoms with Crippen molar-refractivity contribution < 1.29 is 14.3 Å². The second kappa shape index (κ2) is 8.74. The Bertz CT molecular complexity index is 1200. The van der Waals surface area contributed by atoms with Crippen LogP contribution in [0.25, 0.3) is 10.9 Å². The van der Waals surface area contributed by atoms with Crippen molar-refractivity contribution in [2.75, 3.05) is 6.61 Å². The summed E-state index contributed by atoms with van der Waals surface area (Å²) in [4.78, 5) is 38.9. The Morgan fingerprint density at radius 1 is 1.28 bits per heavy atom. The molecule has 0 aliphatic rings. The van der Waals surface area contributed by atoms with Crippen molar-refractivity contribution in [1.29, 1.82) is 0 Å². The summed E-state index contributed by atoms with van der Waals surface area (Å²) < 4.78 is 11.1. The number of hydrogen-bond acceptors (Lipinski definition) is 6. The van der Waals surface area contributed by atoms with Crippen LogP contribution in [0.1, 0.15) is 19.4 Å². The van der Waals surface area contributed by atoms with Gasteiger partial charge in [-0.25, -0.2) is 9.59 Å². The molecule has 0 amide bonds. The number of para-hydroxylation sites is 1. The van der Waals surface area contributed by atoms with Gasteiger partial charge in [0, 0.05) is 0 Å². The lowest BCUT2D eigenvalue weighted by atomic mass is 10.2. The molecule has 8 nitrogen and oxygen atoms in total. The smallest absolute Gasteiger partial charge is 0.349 e. The lowest BCUT2D eigenvalue weighted by Gasteiger charge is -2.14. The molecule has 1 atom stereocenters. The van der Waals surface area contributed by atoms with Crippen LogP contribution < -0.4 is 16.0 Å². The van der Waals surface area contributed by atoms with Crippen molar-refractivity contribution in [2.45, 2.75) is 20.0 Å². The van der Waals surface area contributed by atoms with Crippen LogP contribution in [-0.2, 0) is 9.53 Å². The van der Waals surface area contributed by atoms with E-state index in [-0.39, 0.29) is 11.6 Å². The van der Waals surface area contributed by atoms with Gasteiger partial charge in [-0.2, -0.15) is 5.10 Å². The molecule has 29 heavy (non-hydrogen) atoms. The van der Waals surface area contributed by atoms with E-state index in [0.29, 0.717) is 22.2 Å². The largest absolute Gasteiger partial charge is 0.477 e. The predicted molar refractivity (Wildman–Crippen MR) is 110 cm³/mol. The monoisotopic (exact) mass is 415 g/mol. The zero-order chi connectivity index (χ0) is 21.0. The van der Waals surface area contributed by atoms with Crippen LogP contribution in [0.15, 0.2) is 57.2 Å². The molecule has 1 aromatic heterocycles. The van der Waals surface area contributed by atoms with E-state index in [0.717, 1.165) is 4.68 Å². The lowest BCUT2D eigenvalue weighted by molar-refractivity contribution is -0.150. The second-order valence-corrected chi connectivity index (χ2v) is 6.45. The minimum atomic E-state index is -0.818. The Labute approximate surface area is 170 Å². The number of H-pyrrole nitrogens is 1. The molecule has 2 aromatic carbocycles. The summed E-state index contributed by atoms with van der Waals surface area (Å²) in [5, 5.41) is 4.56. The van der Waals surface area contributed by atoms with Crippen molar-refractivity contribution in [3.05, 3.63) is 73.9 Å². The van der Waals surface area contributed by atoms with Crippen LogP contribution in [0, 0.1) is 0 Å². The van der Waals surface area contributed by atoms with Gasteiger partial charge in [0.2, 0.25) is 0 Å². The molecule has 0 spiro atoms. The first kappa shape index (κ1) is 20.3. The molecule has 1 unspecified atom stereocenters. The van der Waals surface area contributed by atoms with Crippen LogP contribution in [0.2, 0.25) is 5.02 Å². The van der Waals surface area contributed by atoms with Gasteiger partial charge in [0.05, 0.1) is 28.7 Å². The maximum Gasteiger partial charge on any atom is 0.349 e. The fourth-order valence-corrected chi connectivity index (χ4v) is 2.81. The first-order valence-corrected chi connectivity index (χ1v) is 9.19. The normalized spacial score (nSPS) is 12.2. The minimum absolute atomic E-state index is 0.241. The maximum absolute atomic E-state index is 12.5. The molecule has 150 valence electrons. The summed E-state index contributed by atoms with van der Waals surface area (Å²) >= 11 is 6.20. The summed E-state index contributed by atoms with van der Waals surface area (Å²) in [6.07, 6.45) is 0.511. The molecule has 1 heterocycles. The maximum atomic E-state index is 12.5. The van der Waals surface area contributed by atoms with Crippen LogP contribution >= 0.6 is 11.6 Å². The Hall–Kier alpha value is -3.39. The predicted octanol–water partition coefficient (Wildman–Crippen LogP) is 2.56. The van der Waals surface area contributed by atoms with Gasteiger partial charge in [-0.1, -0.05) is 23.7 Å². The third kappa shape index (κ3) is 4.55. The summed E-state index contributed by atoms with van der Waals surface area (Å²) in [6, 6.07) is 11.4. The van der Waals surface area contributed by atoms with E-state index in [1.807, 2.05) is 0 Å². The highest BCUT2D eigenvalue weighted by Gasteiger charge is 2.17. The van der Waals surface area contributed by atoms with Crippen LogP contribution in [0.3, 0.4) is 0 Å². The Morgan fingerprint density at radius 3 is 2.76 bits per heavy atom. The van der Waals surface area contributed by atoms with Crippen LogP contribution in [0.4, 0.5) is 0 Å². The summed E-state index contributed by atoms with van der Waals surface area (Å²) in [5.41, 5.74) is -0.214. The number of halogens is 1. The molecular weight excluding hydrogens is 398 g/mol. The Balaban J connectivity index is 1.84. The molecule has 0 fully saturated rings. The van der Waals surface area contributed by atoms with Gasteiger partial charge in [0.25, 0.3) is 5.56 Å². The molecule has 9 heteroatoms. The molecule has 0 saturated carbocycles. The average molecular weight is 416 g/mol. The fourth-order valence-electron chi connectivity index (χ4n) is 2.57. The number of carbonyl (C=O) groups excluding carboxylic acids is 1. The molecule has 3 rings (SSSR count). The number of esters is 1. The van der Waals surface area contributed by atoms with E-state index in [4.69, 9.17) is 21.1 Å². The topological polar surface area (TPSA) is 103 Å². The number of ether oxygens (including phenoxy) is 2. The number of hydrogen-bond donors (Lipinski definition) is 1. The quantitative estimate of drug-likeness (QED) is 0.492. The Morgan fingerprint density at radius 2 is 2.03 bits per heavy atom. The van der Waals surface area contributed by atoms with Gasteiger partial charge < -0.3 is 14.5 Å². The first-order valence-electron chi connectivity index (χ1n) is 8.82. The SMILES string of the molecule is CCOC(=O)C(C)Oc1ccc(C=Nn2c(=O)[nH]c3ccccc3c2=O)cc1Cl. The molecule has 0 aliphatic heterocycles. The number of nitrogens with zero attached hydrogens (tertiary/aromatic N) is 2. The number of benzene rings is 2. The third-order valence-corrected chi connectivity index (χ3v) is 4.28. The number of aromatic nitrogens is 2. The van der Waals surface area contributed by atoms with E-state index in [1.165, 1.54) is 6.21 Å². The molecule has 1 N–H and O–H groups in total. The highest BCUT2D eigenvalue weighted by atomic mass is 35.5. The van der Waals surface area contributed by atoms with Crippen molar-refractivity contribution in [2.24, 2.45) is 5.10 Å². The minimum Gasteiger partial charge on any atom is -0.477 e. The van der Waals surface area contributed by atoms with Crippen molar-refractivity contribution >= 4 is 34.7 Å². The van der Waals surface area contributed by atoms with Crippen molar-refractivity contribution in [3.8, 4) is 5.75 Å². The summed E-state index contributed by atoms with van der Waals surface area (Å²) in [6.45, 7) is 3.52. The molecule has 0 bridgehead atoms. The van der Waals surface area contributed by atoms with E-state index in [2.05, 4.69) is 10.1 Å². The van der Waals surface area contributed by atoms with Crippen molar-refractivity contribution in [1.82, 2.24) is 9.66 Å². The summed E-state index contributed by atoms with van der Waals surface area (Å²) in [5.74, 6) is -0.200. The number of nitrogens with one attached hydrogen (secondary N) is 1. The van der Waals surface area contributed by atoms with Crippen LogP contribution in [-0.4, -0.2) is 34.6 Å². The van der Waals surface area contributed by atoms with Gasteiger partial charge in [-0.3, -0.25) is 4.79 Å². The number of carbonyl (C=O) groups is 1. The molecular formula is C20H18ClN3O5. The van der Waals surface area contributed by atoms with E-state index in [9.17, 15) is 14.4 Å². The molecule has 0 saturated heterocycles. The third-order valence-electron chi connectivity index (χ3n) is 3.98. The molecule has 0 aliphatic carbocycles. The van der Waals surface area contributed by atoms with Gasteiger partial charge in [-0.05, 0) is 49.7 Å². The molecule has 0 radical (unpaired) electrons. The van der Waals surface area contributed by atoms with Crippen molar-refractivity contribution in [3.63, 3.8) is 0 Å². The van der Waals surface area contributed by atoms with Gasteiger partial charge >= 0.3 is 11.7 Å². The fraction of sp³-hybridized carbons (Fsp3) is 0.200. The lowest BCUT2D eigenvalue weighted by Crippen LogP contribution is -2.32. The zero-order valence-electron chi connectivity index (χ0n) is 15.7. The molecule has 3 aromatic rings. The number of fused-ring (bicyclic) bond motifs is 1. The standard InChI is InChI=1S/C20H18ClN3O5/c1-3-28-19(26)12(2)29-17-9-8-13(10-15(17)21)11-22-24-18(25)14-6-4-5-7-16(14)23-20(24)27/h4-12H,3H2,1-2H3,(H,23,27). The highest BCUT2D eigenvalue weighted by molar-refractivity contribution is 6.32. The number of rotatable bonds is 6. The number of aromatic amines is 1. The van der Waals surface area contributed by atoms with Gasteiger partial charge in [-0.15, -0.1) is 4.68 Å². The van der Waals surface area contributed by atoms with Crippen LogP contribution in [0.5, 0.6) is 5.75 Å². The van der Waals surface area contributed by atoms with E-state index >= 15 is 0 Å². The van der Waals surface area contributed by atoms with Gasteiger partial charge in [0.1, 0.15) is 5.75 Å².